The van der Waals surface area contributed by atoms with Crippen LogP contribution in [0.1, 0.15) is 36.6 Å². The minimum atomic E-state index is -0.596. The largest absolute Gasteiger partial charge is 0.453 e. The van der Waals surface area contributed by atoms with Gasteiger partial charge in [-0.1, -0.05) is 36.4 Å². The summed E-state index contributed by atoms with van der Waals surface area (Å²) < 4.78 is 5.06. The molecular weight excluding hydrogens is 324 g/mol. The molecule has 0 fully saturated rings. The molecule has 0 aliphatic rings. The van der Waals surface area contributed by atoms with Crippen LogP contribution in [-0.4, -0.2) is 24.1 Å². The number of ether oxygens (including phenoxy) is 1. The second-order valence-corrected chi connectivity index (χ2v) is 6.37. The SMILES string of the molecule is CC(=O)c1ccc(C(=O)OCC(=O)c2ccc3ccccc3c2)s1. The summed E-state index contributed by atoms with van der Waals surface area (Å²) in [6.07, 6.45) is 0. The van der Waals surface area contributed by atoms with Crippen molar-refractivity contribution in [2.45, 2.75) is 6.92 Å². The van der Waals surface area contributed by atoms with Gasteiger partial charge in [-0.15, -0.1) is 11.3 Å². The van der Waals surface area contributed by atoms with Gasteiger partial charge in [0.15, 0.2) is 18.2 Å². The number of Topliss-reactive ketones (excluding diaryl/α,β-unsaturated/α-hetero) is 2. The van der Waals surface area contributed by atoms with Gasteiger partial charge in [-0.3, -0.25) is 9.59 Å². The molecule has 0 radical (unpaired) electrons. The molecule has 3 aromatic rings. The molecule has 0 saturated carbocycles. The zero-order valence-electron chi connectivity index (χ0n) is 12.9. The Hall–Kier alpha value is -2.79. The van der Waals surface area contributed by atoms with E-state index in [0.717, 1.165) is 22.1 Å². The fraction of sp³-hybridized carbons (Fsp3) is 0.105. The standard InChI is InChI=1S/C19H14O4S/c1-12(20)17-8-9-18(24-17)19(22)23-11-16(21)15-7-6-13-4-2-3-5-14(13)10-15/h2-10H,11H2,1H3. The Morgan fingerprint density at radius 3 is 2.33 bits per heavy atom. The Balaban J connectivity index is 1.67. The predicted octanol–water partition coefficient (Wildman–Crippen LogP) is 4.14. The van der Waals surface area contributed by atoms with E-state index in [-0.39, 0.29) is 18.2 Å². The van der Waals surface area contributed by atoms with Gasteiger partial charge < -0.3 is 4.74 Å². The summed E-state index contributed by atoms with van der Waals surface area (Å²) in [6, 6.07) is 16.2. The van der Waals surface area contributed by atoms with Gasteiger partial charge >= 0.3 is 5.97 Å². The molecule has 0 atom stereocenters. The molecule has 0 bridgehead atoms. The van der Waals surface area contributed by atoms with E-state index in [4.69, 9.17) is 4.74 Å². The molecule has 5 heteroatoms. The highest BCUT2D eigenvalue weighted by molar-refractivity contribution is 7.15. The maximum Gasteiger partial charge on any atom is 0.348 e. The summed E-state index contributed by atoms with van der Waals surface area (Å²) >= 11 is 1.06. The lowest BCUT2D eigenvalue weighted by molar-refractivity contribution is 0.0479. The second-order valence-electron chi connectivity index (χ2n) is 5.28. The first-order valence-corrected chi connectivity index (χ1v) is 8.16. The molecule has 120 valence electrons. The summed E-state index contributed by atoms with van der Waals surface area (Å²) in [5, 5.41) is 2.00. The van der Waals surface area contributed by atoms with Crippen LogP contribution in [0.15, 0.2) is 54.6 Å². The summed E-state index contributed by atoms with van der Waals surface area (Å²) in [6.45, 7) is 1.11. The second kappa shape index (κ2) is 6.76. The predicted molar refractivity (Wildman–Crippen MR) is 92.9 cm³/mol. The number of rotatable bonds is 5. The van der Waals surface area contributed by atoms with Crippen LogP contribution >= 0.6 is 11.3 Å². The average Bonchev–Trinajstić information content (AvgIpc) is 3.09. The van der Waals surface area contributed by atoms with Crippen LogP contribution in [0.25, 0.3) is 10.8 Å². The normalized spacial score (nSPS) is 10.5. The first-order valence-electron chi connectivity index (χ1n) is 7.34. The van der Waals surface area contributed by atoms with Crippen LogP contribution in [0, 0.1) is 0 Å². The molecule has 0 unspecified atom stereocenters. The lowest BCUT2D eigenvalue weighted by atomic mass is 10.0. The fourth-order valence-corrected chi connectivity index (χ4v) is 3.08. The average molecular weight is 338 g/mol. The molecule has 2 aromatic carbocycles. The summed E-state index contributed by atoms with van der Waals surface area (Å²) in [5.41, 5.74) is 0.497. The van der Waals surface area contributed by atoms with Gasteiger partial charge in [0, 0.05) is 5.56 Å². The molecular formula is C19H14O4S. The van der Waals surface area contributed by atoms with E-state index in [9.17, 15) is 14.4 Å². The maximum atomic E-state index is 12.2. The van der Waals surface area contributed by atoms with Crippen molar-refractivity contribution in [1.82, 2.24) is 0 Å². The Morgan fingerprint density at radius 2 is 1.62 bits per heavy atom. The number of thiophene rings is 1. The van der Waals surface area contributed by atoms with Crippen molar-refractivity contribution in [3.05, 3.63) is 69.9 Å². The van der Waals surface area contributed by atoms with Gasteiger partial charge in [-0.2, -0.15) is 0 Å². The van der Waals surface area contributed by atoms with Gasteiger partial charge in [0.2, 0.25) is 0 Å². The smallest absolute Gasteiger partial charge is 0.348 e. The van der Waals surface area contributed by atoms with Crippen molar-refractivity contribution in [2.24, 2.45) is 0 Å². The monoisotopic (exact) mass is 338 g/mol. The Morgan fingerprint density at radius 1 is 0.917 bits per heavy atom. The minimum absolute atomic E-state index is 0.105. The molecule has 4 nitrogen and oxygen atoms in total. The zero-order chi connectivity index (χ0) is 17.1. The van der Waals surface area contributed by atoms with E-state index in [1.165, 1.54) is 13.0 Å². The number of fused-ring (bicyclic) bond motifs is 1. The van der Waals surface area contributed by atoms with Crippen LogP contribution in [0.3, 0.4) is 0 Å². The molecule has 24 heavy (non-hydrogen) atoms. The fourth-order valence-electron chi connectivity index (χ4n) is 2.29. The van der Waals surface area contributed by atoms with Crippen LogP contribution in [0.4, 0.5) is 0 Å². The first-order chi connectivity index (χ1) is 11.5. The van der Waals surface area contributed by atoms with Crippen LogP contribution in [0.2, 0.25) is 0 Å². The minimum Gasteiger partial charge on any atom is -0.453 e. The third-order valence-corrected chi connectivity index (χ3v) is 4.73. The number of carbonyl (C=O) groups excluding carboxylic acids is 3. The van der Waals surface area contributed by atoms with E-state index in [2.05, 4.69) is 0 Å². The summed E-state index contributed by atoms with van der Waals surface area (Å²) in [4.78, 5) is 36.2. The lowest BCUT2D eigenvalue weighted by Crippen LogP contribution is -2.13. The first kappa shape index (κ1) is 16.1. The molecule has 1 aromatic heterocycles. The van der Waals surface area contributed by atoms with Crippen LogP contribution < -0.4 is 0 Å². The molecule has 0 aliphatic carbocycles. The number of ketones is 2. The summed E-state index contributed by atoms with van der Waals surface area (Å²) in [7, 11) is 0. The van der Waals surface area contributed by atoms with Crippen LogP contribution in [-0.2, 0) is 4.74 Å². The molecule has 0 amide bonds. The van der Waals surface area contributed by atoms with Gasteiger partial charge in [-0.25, -0.2) is 4.79 Å². The highest BCUT2D eigenvalue weighted by Gasteiger charge is 2.15. The third kappa shape index (κ3) is 3.41. The number of esters is 1. The van der Waals surface area contributed by atoms with E-state index in [1.807, 2.05) is 30.3 Å². The summed E-state index contributed by atoms with van der Waals surface area (Å²) in [5.74, 6) is -0.967. The Kier molecular flexibility index (Phi) is 4.53. The molecule has 3 rings (SSSR count). The quantitative estimate of drug-likeness (QED) is 0.518. The van der Waals surface area contributed by atoms with Gasteiger partial charge in [0.1, 0.15) is 4.88 Å². The number of hydrogen-bond acceptors (Lipinski definition) is 5. The third-order valence-electron chi connectivity index (χ3n) is 3.56. The van der Waals surface area contributed by atoms with Gasteiger partial charge in [-0.05, 0) is 35.9 Å². The van der Waals surface area contributed by atoms with Crippen molar-refractivity contribution in [3.63, 3.8) is 0 Å². The van der Waals surface area contributed by atoms with Crippen molar-refractivity contribution in [1.29, 1.82) is 0 Å². The molecule has 0 spiro atoms. The van der Waals surface area contributed by atoms with Crippen LogP contribution in [0.5, 0.6) is 0 Å². The number of hydrogen-bond donors (Lipinski definition) is 0. The van der Waals surface area contributed by atoms with Gasteiger partial charge in [0.05, 0.1) is 4.88 Å². The Bertz CT molecular complexity index is 939. The molecule has 0 N–H and O–H groups in total. The lowest BCUT2D eigenvalue weighted by Gasteiger charge is -2.04. The van der Waals surface area contributed by atoms with E-state index in [1.54, 1.807) is 18.2 Å². The highest BCUT2D eigenvalue weighted by Crippen LogP contribution is 2.19. The molecule has 1 heterocycles. The van der Waals surface area contributed by atoms with E-state index >= 15 is 0 Å². The topological polar surface area (TPSA) is 60.4 Å². The number of benzene rings is 2. The molecule has 0 saturated heterocycles. The van der Waals surface area contributed by atoms with Crippen molar-refractivity contribution < 1.29 is 19.1 Å². The van der Waals surface area contributed by atoms with Gasteiger partial charge in [0.25, 0.3) is 0 Å². The van der Waals surface area contributed by atoms with Crippen molar-refractivity contribution in [3.8, 4) is 0 Å². The van der Waals surface area contributed by atoms with E-state index < -0.39 is 5.97 Å². The van der Waals surface area contributed by atoms with E-state index in [0.29, 0.717) is 15.3 Å². The highest BCUT2D eigenvalue weighted by atomic mass is 32.1. The number of carbonyl (C=O) groups is 3. The Labute approximate surface area is 142 Å². The zero-order valence-corrected chi connectivity index (χ0v) is 13.8. The molecule has 0 aliphatic heterocycles. The maximum absolute atomic E-state index is 12.2. The van der Waals surface area contributed by atoms with Crippen molar-refractivity contribution >= 4 is 39.6 Å². The van der Waals surface area contributed by atoms with Crippen molar-refractivity contribution in [2.75, 3.05) is 6.61 Å².